The van der Waals surface area contributed by atoms with E-state index in [1.807, 2.05) is 30.3 Å². The van der Waals surface area contributed by atoms with Gasteiger partial charge in [-0.2, -0.15) is 0 Å². The van der Waals surface area contributed by atoms with E-state index in [0.717, 1.165) is 70.2 Å². The normalized spacial score (nSPS) is 14.2. The van der Waals surface area contributed by atoms with Crippen molar-refractivity contribution in [2.75, 3.05) is 59.6 Å². The quantitative estimate of drug-likeness (QED) is 0.411. The summed E-state index contributed by atoms with van der Waals surface area (Å²) in [7, 11) is 1.66. The summed E-state index contributed by atoms with van der Waals surface area (Å²) >= 11 is 0. The molecule has 6 nitrogen and oxygen atoms in total. The van der Waals surface area contributed by atoms with E-state index in [0.29, 0.717) is 6.61 Å². The van der Waals surface area contributed by atoms with E-state index in [4.69, 9.17) is 14.2 Å². The number of esters is 1. The fourth-order valence-corrected chi connectivity index (χ4v) is 3.42. The zero-order valence-corrected chi connectivity index (χ0v) is 19.8. The molecule has 32 heavy (non-hydrogen) atoms. The number of methoxy groups -OCH3 is 1. The maximum Gasteiger partial charge on any atom is 0.302 e. The van der Waals surface area contributed by atoms with Gasteiger partial charge in [0.15, 0.2) is 0 Å². The Morgan fingerprint density at radius 3 is 1.97 bits per heavy atom. The molecule has 176 valence electrons. The van der Waals surface area contributed by atoms with Gasteiger partial charge in [0.05, 0.1) is 13.7 Å². The van der Waals surface area contributed by atoms with Crippen LogP contribution >= 0.6 is 0 Å². The van der Waals surface area contributed by atoms with Crippen molar-refractivity contribution in [3.63, 3.8) is 0 Å². The Morgan fingerprint density at radius 1 is 0.844 bits per heavy atom. The third-order valence-corrected chi connectivity index (χ3v) is 5.38. The Kier molecular flexibility index (Phi) is 12.3. The van der Waals surface area contributed by atoms with Gasteiger partial charge < -0.3 is 19.1 Å². The molecule has 1 saturated heterocycles. The number of carbonyl (C=O) groups is 1. The lowest BCUT2D eigenvalue weighted by Crippen LogP contribution is -2.47. The molecule has 1 aliphatic heterocycles. The van der Waals surface area contributed by atoms with Gasteiger partial charge in [0, 0.05) is 46.2 Å². The van der Waals surface area contributed by atoms with Crippen molar-refractivity contribution >= 4 is 5.97 Å². The van der Waals surface area contributed by atoms with Gasteiger partial charge in [-0.05, 0) is 42.7 Å². The number of nitrogens with zero attached hydrogens (tertiary/aromatic N) is 2. The van der Waals surface area contributed by atoms with Crippen LogP contribution in [0.1, 0.15) is 25.8 Å². The molecule has 0 aliphatic carbocycles. The standard InChI is InChI=1S/C18H28N2O4.C8H10/c1-16(21)23-15-13-20-11-9-19(10-12-20)8-3-14-24-18-6-4-17(22-2)5-7-18;1-2-8-6-4-3-5-7-8/h4-7H,3,8-15H2,1-2H3;3-7H,2H2,1H3. The number of aryl methyl sites for hydroxylation is 1. The van der Waals surface area contributed by atoms with Gasteiger partial charge in [0.1, 0.15) is 18.1 Å². The summed E-state index contributed by atoms with van der Waals surface area (Å²) in [6.07, 6.45) is 2.15. The number of hydrogen-bond donors (Lipinski definition) is 0. The molecule has 6 heteroatoms. The summed E-state index contributed by atoms with van der Waals surface area (Å²) in [5.41, 5.74) is 1.41. The average Bonchev–Trinajstić information content (AvgIpc) is 2.84. The highest BCUT2D eigenvalue weighted by Crippen LogP contribution is 2.17. The van der Waals surface area contributed by atoms with Crippen LogP contribution in [0.5, 0.6) is 11.5 Å². The summed E-state index contributed by atoms with van der Waals surface area (Å²) < 4.78 is 15.9. The molecule has 2 aromatic rings. The SMILES string of the molecule is CCc1ccccc1.COc1ccc(OCCCN2CCN(CCOC(C)=O)CC2)cc1. The molecular formula is C26H38N2O4. The van der Waals surface area contributed by atoms with E-state index >= 15 is 0 Å². The molecule has 2 aromatic carbocycles. The van der Waals surface area contributed by atoms with Crippen LogP contribution in [-0.4, -0.2) is 75.4 Å². The highest BCUT2D eigenvalue weighted by Gasteiger charge is 2.16. The molecule has 1 aliphatic rings. The highest BCUT2D eigenvalue weighted by molar-refractivity contribution is 5.65. The summed E-state index contributed by atoms with van der Waals surface area (Å²) in [6, 6.07) is 18.1. The van der Waals surface area contributed by atoms with Crippen molar-refractivity contribution in [3.8, 4) is 11.5 Å². The Labute approximate surface area is 193 Å². The first-order chi connectivity index (χ1) is 15.6. The highest BCUT2D eigenvalue weighted by atomic mass is 16.5. The third kappa shape index (κ3) is 10.6. The maximum atomic E-state index is 10.8. The van der Waals surface area contributed by atoms with Crippen LogP contribution in [0.4, 0.5) is 0 Å². The Morgan fingerprint density at radius 2 is 1.44 bits per heavy atom. The topological polar surface area (TPSA) is 51.2 Å². The zero-order valence-electron chi connectivity index (χ0n) is 19.8. The number of ether oxygens (including phenoxy) is 3. The van der Waals surface area contributed by atoms with Crippen molar-refractivity contribution in [1.82, 2.24) is 9.80 Å². The fourth-order valence-electron chi connectivity index (χ4n) is 3.42. The Bertz CT molecular complexity index is 744. The fraction of sp³-hybridized carbons (Fsp3) is 0.500. The average molecular weight is 443 g/mol. The molecule has 3 rings (SSSR count). The summed E-state index contributed by atoms with van der Waals surface area (Å²) in [6.45, 7) is 10.9. The molecule has 0 bridgehead atoms. The first-order valence-electron chi connectivity index (χ1n) is 11.5. The van der Waals surface area contributed by atoms with Crippen molar-refractivity contribution in [2.24, 2.45) is 0 Å². The molecule has 0 amide bonds. The van der Waals surface area contributed by atoms with Crippen LogP contribution in [0.25, 0.3) is 0 Å². The number of piperazine rings is 1. The Balaban J connectivity index is 0.000000380. The molecule has 1 heterocycles. The minimum absolute atomic E-state index is 0.203. The van der Waals surface area contributed by atoms with E-state index in [2.05, 4.69) is 41.0 Å². The summed E-state index contributed by atoms with van der Waals surface area (Å²) in [5, 5.41) is 0. The van der Waals surface area contributed by atoms with E-state index in [-0.39, 0.29) is 5.97 Å². The predicted molar refractivity (Wildman–Crippen MR) is 128 cm³/mol. The minimum Gasteiger partial charge on any atom is -0.497 e. The van der Waals surface area contributed by atoms with Gasteiger partial charge in [-0.15, -0.1) is 0 Å². The first-order valence-corrected chi connectivity index (χ1v) is 11.5. The van der Waals surface area contributed by atoms with Gasteiger partial charge in [0.25, 0.3) is 0 Å². The second-order valence-corrected chi connectivity index (χ2v) is 7.74. The van der Waals surface area contributed by atoms with Crippen LogP contribution in [0.15, 0.2) is 54.6 Å². The molecule has 0 saturated carbocycles. The van der Waals surface area contributed by atoms with Gasteiger partial charge >= 0.3 is 5.97 Å². The van der Waals surface area contributed by atoms with Gasteiger partial charge in [-0.1, -0.05) is 37.3 Å². The minimum atomic E-state index is -0.203. The van der Waals surface area contributed by atoms with Gasteiger partial charge in [-0.25, -0.2) is 0 Å². The molecule has 0 radical (unpaired) electrons. The number of hydrogen-bond acceptors (Lipinski definition) is 6. The lowest BCUT2D eigenvalue weighted by atomic mass is 10.2. The van der Waals surface area contributed by atoms with Gasteiger partial charge in [-0.3, -0.25) is 9.69 Å². The van der Waals surface area contributed by atoms with E-state index in [1.54, 1.807) is 7.11 Å². The van der Waals surface area contributed by atoms with Crippen LogP contribution in [0.2, 0.25) is 0 Å². The van der Waals surface area contributed by atoms with Crippen molar-refractivity contribution < 1.29 is 19.0 Å². The van der Waals surface area contributed by atoms with Crippen molar-refractivity contribution in [1.29, 1.82) is 0 Å². The van der Waals surface area contributed by atoms with E-state index in [1.165, 1.54) is 12.5 Å². The molecule has 0 N–H and O–H groups in total. The second-order valence-electron chi connectivity index (χ2n) is 7.74. The largest absolute Gasteiger partial charge is 0.497 e. The first kappa shape index (κ1) is 25.7. The Hall–Kier alpha value is -2.57. The smallest absolute Gasteiger partial charge is 0.302 e. The summed E-state index contributed by atoms with van der Waals surface area (Å²) in [5.74, 6) is 1.52. The summed E-state index contributed by atoms with van der Waals surface area (Å²) in [4.78, 5) is 15.6. The molecule has 0 unspecified atom stereocenters. The van der Waals surface area contributed by atoms with Crippen LogP contribution < -0.4 is 9.47 Å². The molecule has 0 aromatic heterocycles. The monoisotopic (exact) mass is 442 g/mol. The van der Waals surface area contributed by atoms with Crippen molar-refractivity contribution in [3.05, 3.63) is 60.2 Å². The molecule has 0 spiro atoms. The lowest BCUT2D eigenvalue weighted by molar-refractivity contribution is -0.141. The zero-order chi connectivity index (χ0) is 23.0. The van der Waals surface area contributed by atoms with Gasteiger partial charge in [0.2, 0.25) is 0 Å². The molecule has 1 fully saturated rings. The number of benzene rings is 2. The van der Waals surface area contributed by atoms with E-state index < -0.39 is 0 Å². The van der Waals surface area contributed by atoms with Crippen LogP contribution in [0, 0.1) is 0 Å². The number of carbonyl (C=O) groups excluding carboxylic acids is 1. The van der Waals surface area contributed by atoms with Crippen LogP contribution in [-0.2, 0) is 16.0 Å². The maximum absolute atomic E-state index is 10.8. The molecule has 0 atom stereocenters. The predicted octanol–water partition coefficient (Wildman–Crippen LogP) is 3.89. The second kappa shape index (κ2) is 15.3. The number of rotatable bonds is 10. The van der Waals surface area contributed by atoms with Crippen molar-refractivity contribution in [2.45, 2.75) is 26.7 Å². The van der Waals surface area contributed by atoms with E-state index in [9.17, 15) is 4.79 Å². The van der Waals surface area contributed by atoms with Crippen LogP contribution in [0.3, 0.4) is 0 Å². The third-order valence-electron chi connectivity index (χ3n) is 5.38. The molecular weight excluding hydrogens is 404 g/mol. The lowest BCUT2D eigenvalue weighted by Gasteiger charge is -2.34.